The van der Waals surface area contributed by atoms with Crippen molar-refractivity contribution < 1.29 is 4.74 Å². The van der Waals surface area contributed by atoms with Crippen LogP contribution in [-0.2, 0) is 0 Å². The lowest BCUT2D eigenvalue weighted by Gasteiger charge is -2.19. The summed E-state index contributed by atoms with van der Waals surface area (Å²) in [6.07, 6.45) is 2.11. The molecule has 2 aromatic carbocycles. The van der Waals surface area contributed by atoms with Gasteiger partial charge in [0.15, 0.2) is 0 Å². The van der Waals surface area contributed by atoms with Gasteiger partial charge < -0.3 is 10.1 Å². The van der Waals surface area contributed by atoms with Crippen LogP contribution < -0.4 is 10.1 Å². The molecule has 2 nitrogen and oxygen atoms in total. The summed E-state index contributed by atoms with van der Waals surface area (Å²) in [6, 6.07) is 20.9. The first kappa shape index (κ1) is 14.6. The Bertz CT molecular complexity index is 469. The molecule has 106 valence electrons. The van der Waals surface area contributed by atoms with Crippen LogP contribution in [0.3, 0.4) is 0 Å². The standard InChI is InChI=1S/C18H23NO/c1-2-14-19-18(16-9-5-3-6-10-16)13-15-20-17-11-7-4-8-12-17/h3-12,18-19H,2,13-15H2,1H3. The van der Waals surface area contributed by atoms with Crippen LogP contribution >= 0.6 is 0 Å². The molecule has 2 heteroatoms. The monoisotopic (exact) mass is 269 g/mol. The summed E-state index contributed by atoms with van der Waals surface area (Å²) in [5.74, 6) is 0.940. The summed E-state index contributed by atoms with van der Waals surface area (Å²) in [6.45, 7) is 3.95. The van der Waals surface area contributed by atoms with E-state index in [1.807, 2.05) is 30.3 Å². The molecule has 0 spiro atoms. The molecule has 0 saturated carbocycles. The molecule has 0 amide bonds. The van der Waals surface area contributed by atoms with Crippen molar-refractivity contribution in [2.75, 3.05) is 13.2 Å². The Labute approximate surface area is 121 Å². The van der Waals surface area contributed by atoms with E-state index >= 15 is 0 Å². The van der Waals surface area contributed by atoms with E-state index in [4.69, 9.17) is 4.74 Å². The third-order valence-corrected chi connectivity index (χ3v) is 3.26. The highest BCUT2D eigenvalue weighted by atomic mass is 16.5. The van der Waals surface area contributed by atoms with E-state index < -0.39 is 0 Å². The first-order chi connectivity index (χ1) is 9.90. The smallest absolute Gasteiger partial charge is 0.119 e. The van der Waals surface area contributed by atoms with E-state index in [1.54, 1.807) is 0 Å². The Morgan fingerprint density at radius 1 is 0.950 bits per heavy atom. The van der Waals surface area contributed by atoms with Crippen LogP contribution in [0.1, 0.15) is 31.4 Å². The molecule has 0 aliphatic rings. The van der Waals surface area contributed by atoms with Crippen LogP contribution in [0.4, 0.5) is 0 Å². The van der Waals surface area contributed by atoms with Gasteiger partial charge in [-0.3, -0.25) is 0 Å². The minimum atomic E-state index is 0.361. The Hall–Kier alpha value is -1.80. The second kappa shape index (κ2) is 8.39. The molecule has 20 heavy (non-hydrogen) atoms. The molecule has 1 N–H and O–H groups in total. The van der Waals surface area contributed by atoms with E-state index in [0.717, 1.165) is 31.7 Å². The summed E-state index contributed by atoms with van der Waals surface area (Å²) >= 11 is 0. The zero-order valence-corrected chi connectivity index (χ0v) is 12.1. The molecule has 0 aromatic heterocycles. The van der Waals surface area contributed by atoms with Gasteiger partial charge in [0.2, 0.25) is 0 Å². The van der Waals surface area contributed by atoms with E-state index in [0.29, 0.717) is 6.04 Å². The second-order valence-corrected chi connectivity index (χ2v) is 4.87. The number of para-hydroxylation sites is 1. The Balaban J connectivity index is 1.88. The van der Waals surface area contributed by atoms with Gasteiger partial charge in [0.05, 0.1) is 6.61 Å². The lowest BCUT2D eigenvalue weighted by molar-refractivity contribution is 0.286. The number of hydrogen-bond donors (Lipinski definition) is 1. The predicted molar refractivity (Wildman–Crippen MR) is 84.0 cm³/mol. The maximum Gasteiger partial charge on any atom is 0.119 e. The molecule has 0 radical (unpaired) electrons. The zero-order valence-electron chi connectivity index (χ0n) is 12.1. The Morgan fingerprint density at radius 3 is 2.25 bits per heavy atom. The lowest BCUT2D eigenvalue weighted by atomic mass is 10.0. The van der Waals surface area contributed by atoms with Gasteiger partial charge in [-0.2, -0.15) is 0 Å². The van der Waals surface area contributed by atoms with Gasteiger partial charge in [-0.15, -0.1) is 0 Å². The fourth-order valence-corrected chi connectivity index (χ4v) is 2.20. The molecule has 0 saturated heterocycles. The van der Waals surface area contributed by atoms with E-state index in [9.17, 15) is 0 Å². The molecule has 1 atom stereocenters. The summed E-state index contributed by atoms with van der Waals surface area (Å²) in [5.41, 5.74) is 1.33. The van der Waals surface area contributed by atoms with Gasteiger partial charge in [0.1, 0.15) is 5.75 Å². The summed E-state index contributed by atoms with van der Waals surface area (Å²) in [4.78, 5) is 0. The van der Waals surface area contributed by atoms with Crippen LogP contribution in [0, 0.1) is 0 Å². The number of rotatable bonds is 8. The van der Waals surface area contributed by atoms with Crippen molar-refractivity contribution in [3.05, 3.63) is 66.2 Å². The maximum atomic E-state index is 5.80. The summed E-state index contributed by atoms with van der Waals surface area (Å²) in [5, 5.41) is 3.59. The first-order valence-electron chi connectivity index (χ1n) is 7.36. The Morgan fingerprint density at radius 2 is 1.60 bits per heavy atom. The van der Waals surface area contributed by atoms with Gasteiger partial charge in [-0.25, -0.2) is 0 Å². The minimum Gasteiger partial charge on any atom is -0.494 e. The molecule has 0 aliphatic carbocycles. The van der Waals surface area contributed by atoms with Crippen LogP contribution in [-0.4, -0.2) is 13.2 Å². The zero-order chi connectivity index (χ0) is 14.0. The topological polar surface area (TPSA) is 21.3 Å². The van der Waals surface area contributed by atoms with E-state index in [1.165, 1.54) is 5.56 Å². The SMILES string of the molecule is CCCNC(CCOc1ccccc1)c1ccccc1. The highest BCUT2D eigenvalue weighted by Crippen LogP contribution is 2.17. The predicted octanol–water partition coefficient (Wildman–Crippen LogP) is 4.20. The van der Waals surface area contributed by atoms with Crippen molar-refractivity contribution in [1.29, 1.82) is 0 Å². The highest BCUT2D eigenvalue weighted by molar-refractivity contribution is 5.21. The second-order valence-electron chi connectivity index (χ2n) is 4.87. The fourth-order valence-electron chi connectivity index (χ4n) is 2.20. The molecule has 0 heterocycles. The quantitative estimate of drug-likeness (QED) is 0.775. The lowest BCUT2D eigenvalue weighted by Crippen LogP contribution is -2.24. The number of nitrogens with one attached hydrogen (secondary N) is 1. The van der Waals surface area contributed by atoms with Crippen molar-refractivity contribution in [3.8, 4) is 5.75 Å². The maximum absolute atomic E-state index is 5.80. The van der Waals surface area contributed by atoms with Gasteiger partial charge in [-0.05, 0) is 30.7 Å². The van der Waals surface area contributed by atoms with Crippen LogP contribution in [0.25, 0.3) is 0 Å². The summed E-state index contributed by atoms with van der Waals surface area (Å²) in [7, 11) is 0. The third-order valence-electron chi connectivity index (χ3n) is 3.26. The summed E-state index contributed by atoms with van der Waals surface area (Å²) < 4.78 is 5.80. The molecule has 0 aliphatic heterocycles. The number of hydrogen-bond acceptors (Lipinski definition) is 2. The number of benzene rings is 2. The van der Waals surface area contributed by atoms with Crippen LogP contribution in [0.15, 0.2) is 60.7 Å². The molecule has 1 unspecified atom stereocenters. The average Bonchev–Trinajstić information content (AvgIpc) is 2.52. The van der Waals surface area contributed by atoms with Gasteiger partial charge in [-0.1, -0.05) is 55.5 Å². The van der Waals surface area contributed by atoms with Gasteiger partial charge >= 0.3 is 0 Å². The van der Waals surface area contributed by atoms with Crippen LogP contribution in [0.2, 0.25) is 0 Å². The molecule has 2 rings (SSSR count). The van der Waals surface area contributed by atoms with Crippen molar-refractivity contribution in [2.24, 2.45) is 0 Å². The van der Waals surface area contributed by atoms with Crippen molar-refractivity contribution in [1.82, 2.24) is 5.32 Å². The van der Waals surface area contributed by atoms with Gasteiger partial charge in [0, 0.05) is 12.5 Å². The third kappa shape index (κ3) is 4.71. The molecule has 0 bridgehead atoms. The first-order valence-corrected chi connectivity index (χ1v) is 7.36. The van der Waals surface area contributed by atoms with Crippen molar-refractivity contribution >= 4 is 0 Å². The highest BCUT2D eigenvalue weighted by Gasteiger charge is 2.10. The van der Waals surface area contributed by atoms with E-state index in [2.05, 4.69) is 42.6 Å². The largest absolute Gasteiger partial charge is 0.494 e. The van der Waals surface area contributed by atoms with Crippen LogP contribution in [0.5, 0.6) is 5.75 Å². The van der Waals surface area contributed by atoms with Crippen molar-refractivity contribution in [2.45, 2.75) is 25.8 Å². The number of ether oxygens (including phenoxy) is 1. The van der Waals surface area contributed by atoms with E-state index in [-0.39, 0.29) is 0 Å². The molecule has 0 fully saturated rings. The molecular formula is C18H23NO. The normalized spacial score (nSPS) is 12.1. The minimum absolute atomic E-state index is 0.361. The molecular weight excluding hydrogens is 246 g/mol. The Kier molecular flexibility index (Phi) is 6.12. The molecule has 2 aromatic rings. The average molecular weight is 269 g/mol. The van der Waals surface area contributed by atoms with Gasteiger partial charge in [0.25, 0.3) is 0 Å². The fraction of sp³-hybridized carbons (Fsp3) is 0.333. The van der Waals surface area contributed by atoms with Crippen molar-refractivity contribution in [3.63, 3.8) is 0 Å².